The second kappa shape index (κ2) is 6.02. The van der Waals surface area contributed by atoms with Crippen LogP contribution in [0.4, 0.5) is 0 Å². The number of nitrogens with one attached hydrogen (secondary N) is 2. The van der Waals surface area contributed by atoms with Crippen molar-refractivity contribution < 1.29 is 9.59 Å². The number of rotatable bonds is 3. The van der Waals surface area contributed by atoms with Crippen molar-refractivity contribution in [3.63, 3.8) is 0 Å². The number of carbonyl (C=O) groups is 2. The van der Waals surface area contributed by atoms with Crippen LogP contribution in [0.5, 0.6) is 0 Å². The van der Waals surface area contributed by atoms with Gasteiger partial charge in [0.1, 0.15) is 0 Å². The normalized spacial score (nSPS) is 22.9. The van der Waals surface area contributed by atoms with Crippen molar-refractivity contribution >= 4 is 22.7 Å². The molecule has 2 N–H and O–H groups in total. The fraction of sp³-hybridized carbons (Fsp3) is 0.421. The summed E-state index contributed by atoms with van der Waals surface area (Å²) in [6.45, 7) is 0.531. The fourth-order valence-corrected chi connectivity index (χ4v) is 4.03. The van der Waals surface area contributed by atoms with E-state index in [2.05, 4.69) is 21.8 Å². The topological polar surface area (TPSA) is 76.0 Å². The summed E-state index contributed by atoms with van der Waals surface area (Å²) in [5, 5.41) is 11.3. The molecule has 6 heteroatoms. The van der Waals surface area contributed by atoms with Gasteiger partial charge in [0.05, 0.1) is 5.52 Å². The standard InChI is InChI=1S/C19H22N4O2/c1-23-14-7-3-2-6-13(14)17(22-23)18(25)20-12-19-10-5-4-8-15(19)21-16(24)9-11-19/h2-3,6-8H,4-5,9-12H2,1H3,(H,20,25)(H,21,24). The number of nitrogens with zero attached hydrogens (tertiary/aromatic N) is 2. The van der Waals surface area contributed by atoms with E-state index in [1.807, 2.05) is 31.3 Å². The van der Waals surface area contributed by atoms with E-state index in [-0.39, 0.29) is 17.2 Å². The summed E-state index contributed by atoms with van der Waals surface area (Å²) in [6.07, 6.45) is 6.47. The van der Waals surface area contributed by atoms with Crippen LogP contribution in [0.1, 0.15) is 42.6 Å². The molecule has 130 valence electrons. The molecular weight excluding hydrogens is 316 g/mol. The summed E-state index contributed by atoms with van der Waals surface area (Å²) in [5.41, 5.74) is 2.23. The molecule has 1 aliphatic carbocycles. The van der Waals surface area contributed by atoms with Crippen molar-refractivity contribution in [3.05, 3.63) is 41.7 Å². The number of benzene rings is 1. The Bertz CT molecular complexity index is 883. The van der Waals surface area contributed by atoms with Crippen molar-refractivity contribution in [2.75, 3.05) is 6.54 Å². The zero-order valence-electron chi connectivity index (χ0n) is 14.3. The van der Waals surface area contributed by atoms with Crippen LogP contribution in [0.3, 0.4) is 0 Å². The maximum absolute atomic E-state index is 12.8. The average molecular weight is 338 g/mol. The van der Waals surface area contributed by atoms with Crippen molar-refractivity contribution in [3.8, 4) is 0 Å². The number of hydrogen-bond donors (Lipinski definition) is 2. The number of para-hydroxylation sites is 1. The molecule has 1 aliphatic heterocycles. The van der Waals surface area contributed by atoms with Gasteiger partial charge in [0.2, 0.25) is 5.91 Å². The number of piperidine rings is 1. The van der Waals surface area contributed by atoms with Crippen LogP contribution in [0.25, 0.3) is 10.9 Å². The molecule has 1 aromatic heterocycles. The SMILES string of the molecule is Cn1nc(C(=O)NCC23CCCC=C2NC(=O)CC3)c2ccccc21. The van der Waals surface area contributed by atoms with Gasteiger partial charge in [-0.25, -0.2) is 0 Å². The number of amides is 2. The Labute approximate surface area is 146 Å². The molecule has 2 aromatic rings. The van der Waals surface area contributed by atoms with E-state index in [4.69, 9.17) is 0 Å². The minimum Gasteiger partial charge on any atom is -0.350 e. The molecule has 0 bridgehead atoms. The Balaban J connectivity index is 1.56. The molecule has 0 spiro atoms. The zero-order valence-corrected chi connectivity index (χ0v) is 14.3. The van der Waals surface area contributed by atoms with Gasteiger partial charge < -0.3 is 10.6 Å². The molecule has 2 aliphatic rings. The number of aryl methyl sites for hydroxylation is 1. The van der Waals surface area contributed by atoms with Crippen LogP contribution >= 0.6 is 0 Å². The summed E-state index contributed by atoms with van der Waals surface area (Å²) < 4.78 is 1.73. The first kappa shape index (κ1) is 15.9. The van der Waals surface area contributed by atoms with Gasteiger partial charge in [0.25, 0.3) is 5.91 Å². The maximum Gasteiger partial charge on any atom is 0.272 e. The highest BCUT2D eigenvalue weighted by Crippen LogP contribution is 2.42. The quantitative estimate of drug-likeness (QED) is 0.901. The molecule has 6 nitrogen and oxygen atoms in total. The lowest BCUT2D eigenvalue weighted by molar-refractivity contribution is -0.122. The third-order valence-electron chi connectivity index (χ3n) is 5.44. The van der Waals surface area contributed by atoms with E-state index in [1.165, 1.54) is 0 Å². The van der Waals surface area contributed by atoms with Gasteiger partial charge in [-0.3, -0.25) is 14.3 Å². The lowest BCUT2D eigenvalue weighted by Crippen LogP contribution is -2.48. The second-order valence-corrected chi connectivity index (χ2v) is 7.01. The van der Waals surface area contributed by atoms with Crippen LogP contribution in [-0.4, -0.2) is 28.1 Å². The van der Waals surface area contributed by atoms with Crippen LogP contribution in [0.15, 0.2) is 36.0 Å². The third-order valence-corrected chi connectivity index (χ3v) is 5.44. The van der Waals surface area contributed by atoms with Gasteiger partial charge in [-0.15, -0.1) is 0 Å². The first-order chi connectivity index (χ1) is 12.1. The van der Waals surface area contributed by atoms with E-state index in [9.17, 15) is 9.59 Å². The Kier molecular flexibility index (Phi) is 3.82. The van der Waals surface area contributed by atoms with Crippen molar-refractivity contribution in [1.82, 2.24) is 20.4 Å². The Hall–Kier alpha value is -2.63. The molecule has 1 atom stereocenters. The number of allylic oxidation sites excluding steroid dienone is 1. The van der Waals surface area contributed by atoms with Crippen LogP contribution in [0.2, 0.25) is 0 Å². The highest BCUT2D eigenvalue weighted by atomic mass is 16.2. The molecule has 2 amide bonds. The molecule has 25 heavy (non-hydrogen) atoms. The predicted molar refractivity (Wildman–Crippen MR) is 94.8 cm³/mol. The van der Waals surface area contributed by atoms with E-state index < -0.39 is 0 Å². The summed E-state index contributed by atoms with van der Waals surface area (Å²) in [7, 11) is 1.84. The Morgan fingerprint density at radius 3 is 3.08 bits per heavy atom. The Morgan fingerprint density at radius 1 is 1.36 bits per heavy atom. The van der Waals surface area contributed by atoms with Gasteiger partial charge in [-0.05, 0) is 31.7 Å². The largest absolute Gasteiger partial charge is 0.350 e. The van der Waals surface area contributed by atoms with E-state index in [0.29, 0.717) is 18.7 Å². The van der Waals surface area contributed by atoms with Crippen LogP contribution in [0, 0.1) is 5.41 Å². The lowest BCUT2D eigenvalue weighted by atomic mass is 9.70. The molecule has 0 radical (unpaired) electrons. The Morgan fingerprint density at radius 2 is 2.20 bits per heavy atom. The minimum atomic E-state index is -0.159. The number of carbonyl (C=O) groups excluding carboxylic acids is 2. The lowest BCUT2D eigenvalue weighted by Gasteiger charge is -2.42. The number of fused-ring (bicyclic) bond motifs is 2. The van der Waals surface area contributed by atoms with Gasteiger partial charge in [-0.1, -0.05) is 24.3 Å². The van der Waals surface area contributed by atoms with Gasteiger partial charge in [0, 0.05) is 36.5 Å². The molecule has 0 saturated carbocycles. The van der Waals surface area contributed by atoms with Gasteiger partial charge >= 0.3 is 0 Å². The van der Waals surface area contributed by atoms with E-state index in [1.54, 1.807) is 4.68 Å². The summed E-state index contributed by atoms with van der Waals surface area (Å²) in [4.78, 5) is 24.5. The minimum absolute atomic E-state index is 0.0748. The van der Waals surface area contributed by atoms with Crippen molar-refractivity contribution in [2.45, 2.75) is 32.1 Å². The summed E-state index contributed by atoms with van der Waals surface area (Å²) in [6, 6.07) is 7.73. The molecule has 1 aromatic carbocycles. The van der Waals surface area contributed by atoms with Crippen LogP contribution < -0.4 is 10.6 Å². The predicted octanol–water partition coefficient (Wildman–Crippen LogP) is 2.27. The summed E-state index contributed by atoms with van der Waals surface area (Å²) >= 11 is 0. The van der Waals surface area contributed by atoms with E-state index in [0.717, 1.165) is 42.3 Å². The summed E-state index contributed by atoms with van der Waals surface area (Å²) in [5.74, 6) is -0.0844. The van der Waals surface area contributed by atoms with Crippen molar-refractivity contribution in [2.24, 2.45) is 12.5 Å². The third kappa shape index (κ3) is 2.71. The highest BCUT2D eigenvalue weighted by Gasteiger charge is 2.40. The zero-order chi connectivity index (χ0) is 17.4. The first-order valence-corrected chi connectivity index (χ1v) is 8.79. The van der Waals surface area contributed by atoms with Gasteiger partial charge in [0.15, 0.2) is 5.69 Å². The molecule has 2 heterocycles. The maximum atomic E-state index is 12.8. The number of aromatic nitrogens is 2. The van der Waals surface area contributed by atoms with Crippen molar-refractivity contribution in [1.29, 1.82) is 0 Å². The molecule has 4 rings (SSSR count). The molecule has 1 fully saturated rings. The second-order valence-electron chi connectivity index (χ2n) is 7.01. The van der Waals surface area contributed by atoms with E-state index >= 15 is 0 Å². The molecular formula is C19H22N4O2. The van der Waals surface area contributed by atoms with Gasteiger partial charge in [-0.2, -0.15) is 5.10 Å². The molecule has 1 unspecified atom stereocenters. The number of hydrogen-bond acceptors (Lipinski definition) is 3. The molecule has 1 saturated heterocycles. The first-order valence-electron chi connectivity index (χ1n) is 8.79. The fourth-order valence-electron chi connectivity index (χ4n) is 4.03. The highest BCUT2D eigenvalue weighted by molar-refractivity contribution is 6.04. The smallest absolute Gasteiger partial charge is 0.272 e. The monoisotopic (exact) mass is 338 g/mol. The average Bonchev–Trinajstić information content (AvgIpc) is 2.97. The van der Waals surface area contributed by atoms with Crippen LogP contribution in [-0.2, 0) is 11.8 Å².